The van der Waals surface area contributed by atoms with E-state index in [1.165, 1.54) is 10.4 Å². The Balaban J connectivity index is 1.91. The Morgan fingerprint density at radius 3 is 2.90 bits per heavy atom. The number of rotatable bonds is 2. The summed E-state index contributed by atoms with van der Waals surface area (Å²) in [5, 5.41) is 3.41. The van der Waals surface area contributed by atoms with Crippen molar-refractivity contribution in [2.24, 2.45) is 5.92 Å². The molecule has 4 nitrogen and oxygen atoms in total. The first-order valence-corrected chi connectivity index (χ1v) is 8.49. The van der Waals surface area contributed by atoms with E-state index >= 15 is 0 Å². The van der Waals surface area contributed by atoms with E-state index < -0.39 is 15.8 Å². The third-order valence-corrected chi connectivity index (χ3v) is 6.39. The van der Waals surface area contributed by atoms with Crippen molar-refractivity contribution in [3.8, 4) is 0 Å². The molecule has 2 aliphatic heterocycles. The molecular weight excluding hydrogens is 303 g/mol. The van der Waals surface area contributed by atoms with Crippen LogP contribution in [0.5, 0.6) is 0 Å². The second kappa shape index (κ2) is 5.26. The van der Waals surface area contributed by atoms with E-state index in [2.05, 4.69) is 5.32 Å². The van der Waals surface area contributed by atoms with Gasteiger partial charge < -0.3 is 5.32 Å². The van der Waals surface area contributed by atoms with Crippen LogP contribution in [0.1, 0.15) is 12.8 Å². The Kier molecular flexibility index (Phi) is 3.75. The molecule has 3 rings (SSSR count). The summed E-state index contributed by atoms with van der Waals surface area (Å²) in [5.74, 6) is -0.256. The van der Waals surface area contributed by atoms with Crippen molar-refractivity contribution in [2.75, 3.05) is 19.6 Å². The number of piperidine rings is 1. The molecule has 2 atom stereocenters. The summed E-state index contributed by atoms with van der Waals surface area (Å²) in [4.78, 5) is -0.141. The number of sulfonamides is 1. The van der Waals surface area contributed by atoms with Crippen LogP contribution in [0.4, 0.5) is 4.39 Å². The average molecular weight is 319 g/mol. The number of hydrogen-bond acceptors (Lipinski definition) is 3. The third-order valence-electron chi connectivity index (χ3n) is 4.08. The SMILES string of the molecule is O=S(=O)(c1cc(F)ccc1Cl)N1CC2CCCNC2C1. The highest BCUT2D eigenvalue weighted by Crippen LogP contribution is 2.32. The van der Waals surface area contributed by atoms with Crippen LogP contribution in [-0.2, 0) is 10.0 Å². The molecule has 7 heteroatoms. The minimum absolute atomic E-state index is 0.0641. The van der Waals surface area contributed by atoms with Gasteiger partial charge >= 0.3 is 0 Å². The molecular formula is C13H16ClFN2O2S. The monoisotopic (exact) mass is 318 g/mol. The highest BCUT2D eigenvalue weighted by molar-refractivity contribution is 7.89. The van der Waals surface area contributed by atoms with Gasteiger partial charge in [-0.1, -0.05) is 11.6 Å². The maximum atomic E-state index is 13.3. The lowest BCUT2D eigenvalue weighted by atomic mass is 9.94. The van der Waals surface area contributed by atoms with Gasteiger partial charge in [0.1, 0.15) is 10.7 Å². The molecule has 0 radical (unpaired) electrons. The third kappa shape index (κ3) is 2.45. The highest BCUT2D eigenvalue weighted by Gasteiger charge is 2.40. The van der Waals surface area contributed by atoms with E-state index in [1.807, 2.05) is 0 Å². The normalized spacial score (nSPS) is 27.5. The van der Waals surface area contributed by atoms with Crippen molar-refractivity contribution in [1.82, 2.24) is 9.62 Å². The van der Waals surface area contributed by atoms with Gasteiger partial charge in [-0.25, -0.2) is 12.8 Å². The summed E-state index contributed by atoms with van der Waals surface area (Å²) in [5.41, 5.74) is 0. The van der Waals surface area contributed by atoms with E-state index in [-0.39, 0.29) is 16.0 Å². The Bertz CT molecular complexity index is 609. The Morgan fingerprint density at radius 1 is 1.35 bits per heavy atom. The smallest absolute Gasteiger partial charge is 0.244 e. The predicted octanol–water partition coefficient (Wildman–Crippen LogP) is 1.85. The van der Waals surface area contributed by atoms with Crippen molar-refractivity contribution in [1.29, 1.82) is 0 Å². The molecule has 20 heavy (non-hydrogen) atoms. The quantitative estimate of drug-likeness (QED) is 0.905. The van der Waals surface area contributed by atoms with E-state index in [0.29, 0.717) is 19.0 Å². The topological polar surface area (TPSA) is 49.4 Å². The van der Waals surface area contributed by atoms with Gasteiger partial charge in [-0.15, -0.1) is 0 Å². The molecule has 1 aromatic rings. The van der Waals surface area contributed by atoms with Crippen LogP contribution in [-0.4, -0.2) is 38.4 Å². The fourth-order valence-electron chi connectivity index (χ4n) is 3.02. The second-order valence-corrected chi connectivity index (χ2v) is 7.67. The molecule has 2 fully saturated rings. The maximum absolute atomic E-state index is 13.3. The van der Waals surface area contributed by atoms with Gasteiger partial charge in [-0.2, -0.15) is 4.31 Å². The van der Waals surface area contributed by atoms with Crippen LogP contribution in [0.25, 0.3) is 0 Å². The largest absolute Gasteiger partial charge is 0.312 e. The molecule has 2 aliphatic rings. The Morgan fingerprint density at radius 2 is 2.15 bits per heavy atom. The molecule has 110 valence electrons. The summed E-state index contributed by atoms with van der Waals surface area (Å²) in [6.07, 6.45) is 2.09. The van der Waals surface area contributed by atoms with Crippen LogP contribution in [0.3, 0.4) is 0 Å². The first-order valence-electron chi connectivity index (χ1n) is 6.67. The fraction of sp³-hybridized carbons (Fsp3) is 0.538. The standard InChI is InChI=1S/C13H16ClFN2O2S/c14-11-4-3-10(15)6-13(11)20(18,19)17-7-9-2-1-5-16-12(9)8-17/h3-4,6,9,12,16H,1-2,5,7-8H2. The van der Waals surface area contributed by atoms with E-state index in [9.17, 15) is 12.8 Å². The van der Waals surface area contributed by atoms with E-state index in [0.717, 1.165) is 31.5 Å². The fourth-order valence-corrected chi connectivity index (χ4v) is 5.03. The Labute approximate surface area is 123 Å². The van der Waals surface area contributed by atoms with Crippen LogP contribution in [0, 0.1) is 11.7 Å². The lowest BCUT2D eigenvalue weighted by Crippen LogP contribution is -2.41. The van der Waals surface area contributed by atoms with E-state index in [4.69, 9.17) is 11.6 Å². The second-order valence-electron chi connectivity index (χ2n) is 5.36. The number of hydrogen-bond donors (Lipinski definition) is 1. The molecule has 0 saturated carbocycles. The molecule has 2 saturated heterocycles. The van der Waals surface area contributed by atoms with Crippen LogP contribution in [0.15, 0.2) is 23.1 Å². The van der Waals surface area contributed by atoms with Gasteiger partial charge in [-0.05, 0) is 43.5 Å². The minimum Gasteiger partial charge on any atom is -0.312 e. The van der Waals surface area contributed by atoms with Gasteiger partial charge in [-0.3, -0.25) is 0 Å². The van der Waals surface area contributed by atoms with Crippen molar-refractivity contribution in [3.05, 3.63) is 29.0 Å². The molecule has 0 amide bonds. The van der Waals surface area contributed by atoms with Crippen molar-refractivity contribution >= 4 is 21.6 Å². The molecule has 2 heterocycles. The summed E-state index contributed by atoms with van der Waals surface area (Å²) in [6.45, 7) is 1.84. The lowest BCUT2D eigenvalue weighted by Gasteiger charge is -2.24. The first-order chi connectivity index (χ1) is 9.48. The van der Waals surface area contributed by atoms with Gasteiger partial charge in [0.2, 0.25) is 10.0 Å². The number of nitrogens with one attached hydrogen (secondary N) is 1. The molecule has 0 aromatic heterocycles. The summed E-state index contributed by atoms with van der Waals surface area (Å²) in [7, 11) is -3.73. The predicted molar refractivity (Wildman–Crippen MR) is 74.7 cm³/mol. The summed E-state index contributed by atoms with van der Waals surface area (Å²) in [6, 6.07) is 3.64. The molecule has 0 bridgehead atoms. The van der Waals surface area contributed by atoms with Crippen LogP contribution >= 0.6 is 11.6 Å². The lowest BCUT2D eigenvalue weighted by molar-refractivity contribution is 0.339. The average Bonchev–Trinajstić information content (AvgIpc) is 2.86. The molecule has 0 spiro atoms. The molecule has 1 aromatic carbocycles. The van der Waals surface area contributed by atoms with Crippen molar-refractivity contribution in [2.45, 2.75) is 23.8 Å². The van der Waals surface area contributed by atoms with E-state index in [1.54, 1.807) is 0 Å². The maximum Gasteiger partial charge on any atom is 0.244 e. The zero-order valence-electron chi connectivity index (χ0n) is 10.9. The molecule has 2 unspecified atom stereocenters. The van der Waals surface area contributed by atoms with Gasteiger partial charge in [0.25, 0.3) is 0 Å². The number of nitrogens with zero attached hydrogens (tertiary/aromatic N) is 1. The first kappa shape index (κ1) is 14.3. The van der Waals surface area contributed by atoms with Crippen LogP contribution < -0.4 is 5.32 Å². The van der Waals surface area contributed by atoms with Gasteiger partial charge in [0.05, 0.1) is 5.02 Å². The summed E-state index contributed by atoms with van der Waals surface area (Å²) >= 11 is 5.92. The Hall–Kier alpha value is -0.690. The number of halogens is 2. The van der Waals surface area contributed by atoms with Gasteiger partial charge in [0, 0.05) is 19.1 Å². The minimum atomic E-state index is -3.73. The van der Waals surface area contributed by atoms with Crippen molar-refractivity contribution in [3.63, 3.8) is 0 Å². The number of benzene rings is 1. The zero-order chi connectivity index (χ0) is 14.3. The number of fused-ring (bicyclic) bond motifs is 1. The highest BCUT2D eigenvalue weighted by atomic mass is 35.5. The molecule has 1 N–H and O–H groups in total. The van der Waals surface area contributed by atoms with Crippen LogP contribution in [0.2, 0.25) is 5.02 Å². The molecule has 0 aliphatic carbocycles. The van der Waals surface area contributed by atoms with Gasteiger partial charge in [0.15, 0.2) is 0 Å². The van der Waals surface area contributed by atoms with Crippen molar-refractivity contribution < 1.29 is 12.8 Å². The summed E-state index contributed by atoms with van der Waals surface area (Å²) < 4.78 is 39.9. The zero-order valence-corrected chi connectivity index (χ0v) is 12.4.